The number of hydrogen-bond donors (Lipinski definition) is 1. The van der Waals surface area contributed by atoms with Crippen molar-refractivity contribution in [2.75, 3.05) is 33.9 Å². The molecule has 0 amide bonds. The van der Waals surface area contributed by atoms with Crippen LogP contribution in [-0.4, -0.2) is 62.4 Å². The zero-order valence-corrected chi connectivity index (χ0v) is 13.9. The normalized spacial score (nSPS) is 19.6. The molecule has 0 saturated carbocycles. The summed E-state index contributed by atoms with van der Waals surface area (Å²) >= 11 is 0. The highest BCUT2D eigenvalue weighted by Gasteiger charge is 2.34. The molecule has 0 radical (unpaired) electrons. The molecule has 1 aliphatic rings. The largest absolute Gasteiger partial charge is 0.380 e. The Morgan fingerprint density at radius 3 is 2.76 bits per heavy atom. The van der Waals surface area contributed by atoms with E-state index in [0.29, 0.717) is 36.0 Å². The van der Waals surface area contributed by atoms with Crippen molar-refractivity contribution in [2.45, 2.75) is 37.8 Å². The number of nitrogens with zero attached hydrogens (tertiary/aromatic N) is 3. The smallest absolute Gasteiger partial charge is 0.246 e. The summed E-state index contributed by atoms with van der Waals surface area (Å²) in [5.41, 5.74) is 1.24. The number of nitrogens with one attached hydrogen (secondary N) is 1. The van der Waals surface area contributed by atoms with Crippen molar-refractivity contribution in [1.29, 1.82) is 0 Å². The van der Waals surface area contributed by atoms with Gasteiger partial charge in [0.15, 0.2) is 0 Å². The van der Waals surface area contributed by atoms with E-state index in [9.17, 15) is 8.42 Å². The maximum atomic E-state index is 12.8. The van der Waals surface area contributed by atoms with E-state index in [1.54, 1.807) is 18.7 Å². The highest BCUT2D eigenvalue weighted by Crippen LogP contribution is 2.26. The summed E-state index contributed by atoms with van der Waals surface area (Å²) in [4.78, 5) is 0.327. The Labute approximate surface area is 126 Å². The lowest BCUT2D eigenvalue weighted by molar-refractivity contribution is 0.181. The third-order valence-electron chi connectivity index (χ3n) is 3.95. The van der Waals surface area contributed by atoms with Gasteiger partial charge in [0.2, 0.25) is 10.0 Å². The van der Waals surface area contributed by atoms with Gasteiger partial charge in [-0.2, -0.15) is 9.40 Å². The quantitative estimate of drug-likeness (QED) is 0.807. The molecule has 8 heteroatoms. The standard InChI is InChI=1S/C13H24N4O3S/c1-10-13(11(2)17(15-10)7-6-14-3)21(18,19)16(4)12-5-8-20-9-12/h12,14H,5-9H2,1-4H3. The fraction of sp³-hybridized carbons (Fsp3) is 0.769. The van der Waals surface area contributed by atoms with E-state index >= 15 is 0 Å². The molecular formula is C13H24N4O3S. The highest BCUT2D eigenvalue weighted by atomic mass is 32.2. The second-order valence-electron chi connectivity index (χ2n) is 5.37. The first-order chi connectivity index (χ1) is 9.89. The molecule has 1 fully saturated rings. The summed E-state index contributed by atoms with van der Waals surface area (Å²) in [6.07, 6.45) is 0.738. The molecule has 1 aliphatic heterocycles. The van der Waals surface area contributed by atoms with Gasteiger partial charge in [-0.1, -0.05) is 0 Å². The fourth-order valence-electron chi connectivity index (χ4n) is 2.64. The van der Waals surface area contributed by atoms with Crippen molar-refractivity contribution >= 4 is 10.0 Å². The van der Waals surface area contributed by atoms with Gasteiger partial charge in [-0.25, -0.2) is 8.42 Å². The first kappa shape index (κ1) is 16.4. The van der Waals surface area contributed by atoms with Crippen LogP contribution >= 0.6 is 0 Å². The molecule has 0 spiro atoms. The Morgan fingerprint density at radius 1 is 1.48 bits per heavy atom. The van der Waals surface area contributed by atoms with Crippen molar-refractivity contribution in [3.63, 3.8) is 0 Å². The molecule has 21 heavy (non-hydrogen) atoms. The van der Waals surface area contributed by atoms with Gasteiger partial charge in [0.05, 0.1) is 30.6 Å². The van der Waals surface area contributed by atoms with Crippen LogP contribution in [0.3, 0.4) is 0 Å². The molecule has 0 bridgehead atoms. The predicted molar refractivity (Wildman–Crippen MR) is 79.8 cm³/mol. The summed E-state index contributed by atoms with van der Waals surface area (Å²) in [5, 5.41) is 7.40. The van der Waals surface area contributed by atoms with Crippen LogP contribution in [0.4, 0.5) is 0 Å². The van der Waals surface area contributed by atoms with Crippen LogP contribution in [0.15, 0.2) is 4.90 Å². The predicted octanol–water partition coefficient (Wildman–Crippen LogP) is 0.129. The van der Waals surface area contributed by atoms with Crippen molar-refractivity contribution in [3.05, 3.63) is 11.4 Å². The van der Waals surface area contributed by atoms with Crippen LogP contribution in [0.25, 0.3) is 0 Å². The third-order valence-corrected chi connectivity index (χ3v) is 6.11. The highest BCUT2D eigenvalue weighted by molar-refractivity contribution is 7.89. The van der Waals surface area contributed by atoms with E-state index in [-0.39, 0.29) is 6.04 Å². The lowest BCUT2D eigenvalue weighted by Crippen LogP contribution is -2.37. The van der Waals surface area contributed by atoms with Gasteiger partial charge in [0, 0.05) is 20.2 Å². The molecule has 1 aromatic rings. The van der Waals surface area contributed by atoms with E-state index in [2.05, 4.69) is 10.4 Å². The lowest BCUT2D eigenvalue weighted by Gasteiger charge is -2.22. The Hall–Kier alpha value is -0.960. The first-order valence-corrected chi connectivity index (χ1v) is 8.58. The Kier molecular flexibility index (Phi) is 5.03. The monoisotopic (exact) mass is 316 g/mol. The van der Waals surface area contributed by atoms with Crippen molar-refractivity contribution in [2.24, 2.45) is 0 Å². The number of likely N-dealkylation sites (N-methyl/N-ethyl adjacent to an activating group) is 2. The Bertz CT molecular complexity index is 591. The van der Waals surface area contributed by atoms with E-state index < -0.39 is 10.0 Å². The maximum Gasteiger partial charge on any atom is 0.246 e. The number of ether oxygens (including phenoxy) is 1. The molecular weight excluding hydrogens is 292 g/mol. The van der Waals surface area contributed by atoms with Crippen LogP contribution in [0.5, 0.6) is 0 Å². The third kappa shape index (κ3) is 3.13. The minimum Gasteiger partial charge on any atom is -0.380 e. The van der Waals surface area contributed by atoms with Crippen molar-refractivity contribution in [3.8, 4) is 0 Å². The van der Waals surface area contributed by atoms with Gasteiger partial charge in [-0.3, -0.25) is 4.68 Å². The van der Waals surface area contributed by atoms with Crippen LogP contribution < -0.4 is 5.32 Å². The summed E-state index contributed by atoms with van der Waals surface area (Å²) in [6, 6.07) is -0.0885. The zero-order valence-electron chi connectivity index (χ0n) is 13.1. The van der Waals surface area contributed by atoms with Crippen LogP contribution in [0, 0.1) is 13.8 Å². The fourth-order valence-corrected chi connectivity index (χ4v) is 4.38. The van der Waals surface area contributed by atoms with E-state index in [1.165, 1.54) is 4.31 Å². The van der Waals surface area contributed by atoms with E-state index in [0.717, 1.165) is 13.0 Å². The number of sulfonamides is 1. The Balaban J connectivity index is 2.33. The SMILES string of the molecule is CNCCn1nc(C)c(S(=O)(=O)N(C)C2CCOC2)c1C. The van der Waals surface area contributed by atoms with Crippen molar-refractivity contribution < 1.29 is 13.2 Å². The topological polar surface area (TPSA) is 76.5 Å². The molecule has 1 atom stereocenters. The number of aryl methyl sites for hydroxylation is 1. The van der Waals surface area contributed by atoms with Gasteiger partial charge < -0.3 is 10.1 Å². The molecule has 7 nitrogen and oxygen atoms in total. The molecule has 1 aromatic heterocycles. The summed E-state index contributed by atoms with van der Waals surface area (Å²) < 4.78 is 34.2. The van der Waals surface area contributed by atoms with E-state index in [4.69, 9.17) is 4.74 Å². The minimum absolute atomic E-state index is 0.0885. The lowest BCUT2D eigenvalue weighted by atomic mass is 10.3. The number of rotatable bonds is 6. The van der Waals surface area contributed by atoms with Crippen LogP contribution in [0.1, 0.15) is 17.8 Å². The minimum atomic E-state index is -3.54. The molecule has 2 heterocycles. The molecule has 0 aromatic carbocycles. The second-order valence-corrected chi connectivity index (χ2v) is 7.30. The van der Waals surface area contributed by atoms with Gasteiger partial charge >= 0.3 is 0 Å². The van der Waals surface area contributed by atoms with Gasteiger partial charge in [-0.05, 0) is 27.3 Å². The van der Waals surface area contributed by atoms with Crippen LogP contribution in [0.2, 0.25) is 0 Å². The average Bonchev–Trinajstić information content (AvgIpc) is 3.04. The van der Waals surface area contributed by atoms with Crippen molar-refractivity contribution in [1.82, 2.24) is 19.4 Å². The molecule has 1 unspecified atom stereocenters. The molecule has 1 N–H and O–H groups in total. The number of hydrogen-bond acceptors (Lipinski definition) is 5. The first-order valence-electron chi connectivity index (χ1n) is 7.14. The zero-order chi connectivity index (χ0) is 15.6. The van der Waals surface area contributed by atoms with Gasteiger partial charge in [0.25, 0.3) is 0 Å². The molecule has 1 saturated heterocycles. The molecule has 0 aliphatic carbocycles. The van der Waals surface area contributed by atoms with E-state index in [1.807, 2.05) is 14.0 Å². The molecule has 2 rings (SSSR count). The van der Waals surface area contributed by atoms with Gasteiger partial charge in [-0.15, -0.1) is 0 Å². The van der Waals surface area contributed by atoms with Gasteiger partial charge in [0.1, 0.15) is 4.90 Å². The maximum absolute atomic E-state index is 12.8. The Morgan fingerprint density at radius 2 is 2.19 bits per heavy atom. The molecule has 120 valence electrons. The second kappa shape index (κ2) is 6.43. The summed E-state index contributed by atoms with van der Waals surface area (Å²) in [6.45, 7) is 6.02. The van der Waals surface area contributed by atoms with Crippen LogP contribution in [-0.2, 0) is 21.3 Å². The average molecular weight is 316 g/mol. The number of aromatic nitrogens is 2. The summed E-state index contributed by atoms with van der Waals surface area (Å²) in [7, 11) is -0.0565. The summed E-state index contributed by atoms with van der Waals surface area (Å²) in [5.74, 6) is 0.